The van der Waals surface area contributed by atoms with Crippen LogP contribution in [0.15, 0.2) is 18.5 Å². The van der Waals surface area contributed by atoms with E-state index in [0.717, 1.165) is 23.8 Å². The van der Waals surface area contributed by atoms with Crippen molar-refractivity contribution in [3.8, 4) is 0 Å². The maximum absolute atomic E-state index is 6.29. The standard InChI is InChI=1S/C15H24ClN3/c1-15(2,3)18-10-12-6-4-5-9-19(12)14-7-8-17-11-13(14)16/h7-8,11-12,18H,4-6,9-10H2,1-3H3. The zero-order valence-corrected chi connectivity index (χ0v) is 12.9. The molecule has 0 aliphatic carbocycles. The summed E-state index contributed by atoms with van der Waals surface area (Å²) >= 11 is 6.29. The zero-order chi connectivity index (χ0) is 13.9. The van der Waals surface area contributed by atoms with Crippen LogP contribution in [0, 0.1) is 0 Å². The van der Waals surface area contributed by atoms with Gasteiger partial charge in [-0.2, -0.15) is 0 Å². The molecule has 0 spiro atoms. The van der Waals surface area contributed by atoms with Crippen molar-refractivity contribution in [1.82, 2.24) is 10.3 Å². The third-order valence-corrected chi connectivity index (χ3v) is 3.85. The molecule has 1 aliphatic heterocycles. The van der Waals surface area contributed by atoms with Gasteiger partial charge in [0.1, 0.15) is 0 Å². The number of pyridine rings is 1. The van der Waals surface area contributed by atoms with Crippen LogP contribution in [0.3, 0.4) is 0 Å². The normalized spacial score (nSPS) is 20.6. The Morgan fingerprint density at radius 3 is 2.89 bits per heavy atom. The zero-order valence-electron chi connectivity index (χ0n) is 12.1. The van der Waals surface area contributed by atoms with Gasteiger partial charge >= 0.3 is 0 Å². The fourth-order valence-corrected chi connectivity index (χ4v) is 2.78. The molecule has 1 atom stereocenters. The van der Waals surface area contributed by atoms with Crippen molar-refractivity contribution < 1.29 is 0 Å². The number of nitrogens with one attached hydrogen (secondary N) is 1. The first kappa shape index (κ1) is 14.6. The first-order valence-electron chi connectivity index (χ1n) is 7.08. The van der Waals surface area contributed by atoms with Crippen molar-refractivity contribution in [2.45, 2.75) is 51.6 Å². The lowest BCUT2D eigenvalue weighted by molar-refractivity contribution is 0.366. The first-order valence-corrected chi connectivity index (χ1v) is 7.46. The molecule has 3 nitrogen and oxygen atoms in total. The third kappa shape index (κ3) is 4.08. The number of rotatable bonds is 3. The van der Waals surface area contributed by atoms with Crippen LogP contribution in [-0.2, 0) is 0 Å². The molecule has 1 unspecified atom stereocenters. The summed E-state index contributed by atoms with van der Waals surface area (Å²) in [5.74, 6) is 0. The van der Waals surface area contributed by atoms with Crippen LogP contribution in [0.25, 0.3) is 0 Å². The molecule has 1 saturated heterocycles. The summed E-state index contributed by atoms with van der Waals surface area (Å²) in [7, 11) is 0. The molecule has 106 valence electrons. The Labute approximate surface area is 121 Å². The van der Waals surface area contributed by atoms with E-state index in [2.05, 4.69) is 36.0 Å². The monoisotopic (exact) mass is 281 g/mol. The Bertz CT molecular complexity index is 414. The van der Waals surface area contributed by atoms with E-state index in [4.69, 9.17) is 11.6 Å². The van der Waals surface area contributed by atoms with Crippen molar-refractivity contribution >= 4 is 17.3 Å². The van der Waals surface area contributed by atoms with Gasteiger partial charge in [-0.05, 0) is 46.1 Å². The number of nitrogens with zero attached hydrogens (tertiary/aromatic N) is 2. The number of hydrogen-bond donors (Lipinski definition) is 1. The summed E-state index contributed by atoms with van der Waals surface area (Å²) in [6, 6.07) is 2.55. The van der Waals surface area contributed by atoms with Crippen LogP contribution in [0.1, 0.15) is 40.0 Å². The summed E-state index contributed by atoms with van der Waals surface area (Å²) in [6.45, 7) is 8.71. The lowest BCUT2D eigenvalue weighted by atomic mass is 10.00. The molecule has 2 rings (SSSR count). The van der Waals surface area contributed by atoms with E-state index in [1.165, 1.54) is 19.3 Å². The predicted octanol–water partition coefficient (Wildman–Crippen LogP) is 3.48. The lowest BCUT2D eigenvalue weighted by Crippen LogP contribution is -2.49. The van der Waals surface area contributed by atoms with Gasteiger partial charge in [0, 0.05) is 37.1 Å². The number of anilines is 1. The SMILES string of the molecule is CC(C)(C)NCC1CCCCN1c1ccncc1Cl. The Balaban J connectivity index is 2.10. The number of piperidine rings is 1. The van der Waals surface area contributed by atoms with Gasteiger partial charge in [0.25, 0.3) is 0 Å². The Hall–Kier alpha value is -0.800. The summed E-state index contributed by atoms with van der Waals surface area (Å²) in [5, 5.41) is 4.37. The summed E-state index contributed by atoms with van der Waals surface area (Å²) in [6.07, 6.45) is 7.33. The van der Waals surface area contributed by atoms with Crippen LogP contribution in [-0.4, -0.2) is 29.7 Å². The molecule has 19 heavy (non-hydrogen) atoms. The highest BCUT2D eigenvalue weighted by Gasteiger charge is 2.25. The van der Waals surface area contributed by atoms with E-state index >= 15 is 0 Å². The van der Waals surface area contributed by atoms with E-state index in [1.807, 2.05) is 12.3 Å². The molecule has 1 aliphatic rings. The van der Waals surface area contributed by atoms with Crippen molar-refractivity contribution in [3.63, 3.8) is 0 Å². The Kier molecular flexibility index (Phi) is 4.69. The molecule has 1 aromatic heterocycles. The molecule has 0 saturated carbocycles. The smallest absolute Gasteiger partial charge is 0.0822 e. The van der Waals surface area contributed by atoms with Crippen molar-refractivity contribution in [2.24, 2.45) is 0 Å². The predicted molar refractivity (Wildman–Crippen MR) is 82.0 cm³/mol. The van der Waals surface area contributed by atoms with Gasteiger partial charge in [-0.25, -0.2) is 0 Å². The van der Waals surface area contributed by atoms with Gasteiger partial charge in [0.05, 0.1) is 10.7 Å². The van der Waals surface area contributed by atoms with Gasteiger partial charge in [0.2, 0.25) is 0 Å². The minimum absolute atomic E-state index is 0.158. The van der Waals surface area contributed by atoms with Gasteiger partial charge < -0.3 is 10.2 Å². The van der Waals surface area contributed by atoms with Crippen molar-refractivity contribution in [3.05, 3.63) is 23.5 Å². The first-order chi connectivity index (χ1) is 8.97. The van der Waals surface area contributed by atoms with E-state index < -0.39 is 0 Å². The molecule has 0 aromatic carbocycles. The number of hydrogen-bond acceptors (Lipinski definition) is 3. The molecular weight excluding hydrogens is 258 g/mol. The van der Waals surface area contributed by atoms with Crippen LogP contribution >= 0.6 is 11.6 Å². The second kappa shape index (κ2) is 6.10. The third-order valence-electron chi connectivity index (χ3n) is 3.56. The van der Waals surface area contributed by atoms with E-state index in [-0.39, 0.29) is 5.54 Å². The molecule has 1 N–H and O–H groups in total. The maximum Gasteiger partial charge on any atom is 0.0822 e. The summed E-state index contributed by atoms with van der Waals surface area (Å²) < 4.78 is 0. The van der Waals surface area contributed by atoms with Crippen molar-refractivity contribution in [2.75, 3.05) is 18.0 Å². The summed E-state index contributed by atoms with van der Waals surface area (Å²) in [5.41, 5.74) is 1.28. The fourth-order valence-electron chi connectivity index (χ4n) is 2.55. The second-order valence-corrected chi connectivity index (χ2v) is 6.71. The van der Waals surface area contributed by atoms with Crippen LogP contribution in [0.2, 0.25) is 5.02 Å². The Morgan fingerprint density at radius 2 is 2.21 bits per heavy atom. The average molecular weight is 282 g/mol. The largest absolute Gasteiger partial charge is 0.366 e. The summed E-state index contributed by atoms with van der Waals surface area (Å²) in [4.78, 5) is 6.51. The lowest BCUT2D eigenvalue weighted by Gasteiger charge is -2.39. The van der Waals surface area contributed by atoms with Crippen LogP contribution in [0.5, 0.6) is 0 Å². The molecule has 0 radical (unpaired) electrons. The molecule has 1 fully saturated rings. The van der Waals surface area contributed by atoms with Gasteiger partial charge in [-0.15, -0.1) is 0 Å². The van der Waals surface area contributed by atoms with Gasteiger partial charge in [-0.3, -0.25) is 4.98 Å². The Morgan fingerprint density at radius 1 is 1.42 bits per heavy atom. The van der Waals surface area contributed by atoms with Gasteiger partial charge in [-0.1, -0.05) is 11.6 Å². The fraction of sp³-hybridized carbons (Fsp3) is 0.667. The minimum Gasteiger partial charge on any atom is -0.366 e. The average Bonchev–Trinajstić information content (AvgIpc) is 2.37. The highest BCUT2D eigenvalue weighted by Crippen LogP contribution is 2.30. The molecule has 4 heteroatoms. The minimum atomic E-state index is 0.158. The molecule has 1 aromatic rings. The van der Waals surface area contributed by atoms with Crippen LogP contribution < -0.4 is 10.2 Å². The maximum atomic E-state index is 6.29. The highest BCUT2D eigenvalue weighted by molar-refractivity contribution is 6.33. The quantitative estimate of drug-likeness (QED) is 0.919. The van der Waals surface area contributed by atoms with E-state index in [1.54, 1.807) is 6.20 Å². The van der Waals surface area contributed by atoms with Crippen molar-refractivity contribution in [1.29, 1.82) is 0 Å². The van der Waals surface area contributed by atoms with E-state index in [9.17, 15) is 0 Å². The molecular formula is C15H24ClN3. The second-order valence-electron chi connectivity index (χ2n) is 6.30. The number of halogens is 1. The molecule has 0 bridgehead atoms. The topological polar surface area (TPSA) is 28.2 Å². The number of aromatic nitrogens is 1. The highest BCUT2D eigenvalue weighted by atomic mass is 35.5. The van der Waals surface area contributed by atoms with E-state index in [0.29, 0.717) is 6.04 Å². The van der Waals surface area contributed by atoms with Gasteiger partial charge in [0.15, 0.2) is 0 Å². The van der Waals surface area contributed by atoms with Crippen LogP contribution in [0.4, 0.5) is 5.69 Å². The molecule has 0 amide bonds. The molecule has 2 heterocycles.